The molecule has 0 aliphatic carbocycles. The fourth-order valence-corrected chi connectivity index (χ4v) is 4.62. The highest BCUT2D eigenvalue weighted by Crippen LogP contribution is 2.37. The van der Waals surface area contributed by atoms with Crippen LogP contribution in [-0.4, -0.2) is 21.9 Å². The molecule has 7 heteroatoms. The molecule has 0 spiro atoms. The summed E-state index contributed by atoms with van der Waals surface area (Å²) < 4.78 is 21.5. The Bertz CT molecular complexity index is 1480. The molecule has 0 amide bonds. The number of aromatic nitrogens is 3. The number of para-hydroxylation sites is 1. The number of pyridine rings is 1. The average Bonchev–Trinajstić information content (AvgIpc) is 3.23. The van der Waals surface area contributed by atoms with Crippen molar-refractivity contribution in [1.82, 2.24) is 14.8 Å². The zero-order chi connectivity index (χ0) is 21.4. The van der Waals surface area contributed by atoms with Crippen LogP contribution in [0.15, 0.2) is 71.0 Å². The van der Waals surface area contributed by atoms with Gasteiger partial charge in [0, 0.05) is 34.0 Å². The van der Waals surface area contributed by atoms with Gasteiger partial charge in [-0.2, -0.15) is 5.10 Å². The number of halogens is 1. The Morgan fingerprint density at radius 1 is 1.10 bits per heavy atom. The molecule has 3 aromatic heterocycles. The van der Waals surface area contributed by atoms with Crippen molar-refractivity contribution >= 4 is 32.3 Å². The second-order valence-electron chi connectivity index (χ2n) is 7.15. The molecule has 5 rings (SSSR count). The van der Waals surface area contributed by atoms with Gasteiger partial charge in [0.2, 0.25) is 0 Å². The van der Waals surface area contributed by atoms with Gasteiger partial charge in [0.05, 0.1) is 35.5 Å². The van der Waals surface area contributed by atoms with Crippen LogP contribution in [0, 0.1) is 5.82 Å². The Labute approximate surface area is 181 Å². The van der Waals surface area contributed by atoms with Crippen LogP contribution in [0.1, 0.15) is 5.69 Å². The number of methoxy groups -OCH3 is 1. The molecule has 0 saturated carbocycles. The van der Waals surface area contributed by atoms with Crippen molar-refractivity contribution in [1.29, 1.82) is 0 Å². The standard InChI is InChI=1S/C24H18FN3O2S/c1-30-21-9-7-16(25)12-18(21)19-14-31-22-13-26-28(24(29)23(19)22)11-10-17-8-6-15-4-2-3-5-20(15)27-17/h2-9,12-14H,10-11H2,1H3. The van der Waals surface area contributed by atoms with Gasteiger partial charge in [-0.3, -0.25) is 9.78 Å². The van der Waals surface area contributed by atoms with E-state index in [1.807, 2.05) is 41.8 Å². The third-order valence-electron chi connectivity index (χ3n) is 5.27. The lowest BCUT2D eigenvalue weighted by molar-refractivity contribution is 0.415. The lowest BCUT2D eigenvalue weighted by Crippen LogP contribution is -2.23. The van der Waals surface area contributed by atoms with E-state index in [9.17, 15) is 9.18 Å². The maximum atomic E-state index is 13.9. The first-order valence-corrected chi connectivity index (χ1v) is 10.7. The van der Waals surface area contributed by atoms with Crippen molar-refractivity contribution in [3.63, 3.8) is 0 Å². The summed E-state index contributed by atoms with van der Waals surface area (Å²) in [5, 5.41) is 7.78. The largest absolute Gasteiger partial charge is 0.496 e. The number of rotatable bonds is 5. The maximum absolute atomic E-state index is 13.9. The van der Waals surface area contributed by atoms with E-state index < -0.39 is 0 Å². The minimum atomic E-state index is -0.382. The molecule has 0 atom stereocenters. The number of hydrogen-bond donors (Lipinski definition) is 0. The second kappa shape index (κ2) is 7.92. The predicted molar refractivity (Wildman–Crippen MR) is 121 cm³/mol. The first kappa shape index (κ1) is 19.4. The summed E-state index contributed by atoms with van der Waals surface area (Å²) in [5.41, 5.74) is 2.82. The molecule has 0 radical (unpaired) electrons. The van der Waals surface area contributed by atoms with Crippen LogP contribution in [0.25, 0.3) is 32.1 Å². The normalized spacial score (nSPS) is 11.3. The second-order valence-corrected chi connectivity index (χ2v) is 8.06. The highest BCUT2D eigenvalue weighted by Gasteiger charge is 2.17. The number of benzene rings is 2. The van der Waals surface area contributed by atoms with E-state index in [-0.39, 0.29) is 11.4 Å². The molecular weight excluding hydrogens is 413 g/mol. The van der Waals surface area contributed by atoms with Crippen molar-refractivity contribution < 1.29 is 9.13 Å². The summed E-state index contributed by atoms with van der Waals surface area (Å²) in [6.45, 7) is 0.398. The Balaban J connectivity index is 1.52. The number of ether oxygens (including phenoxy) is 1. The summed E-state index contributed by atoms with van der Waals surface area (Å²) in [5.74, 6) is 0.135. The van der Waals surface area contributed by atoms with Crippen LogP contribution in [0.2, 0.25) is 0 Å². The molecule has 0 unspecified atom stereocenters. The Kier molecular flexibility index (Phi) is 4.95. The quantitative estimate of drug-likeness (QED) is 0.390. The van der Waals surface area contributed by atoms with Gasteiger partial charge < -0.3 is 4.74 Å². The first-order chi connectivity index (χ1) is 15.1. The number of aryl methyl sites for hydroxylation is 2. The van der Waals surface area contributed by atoms with Crippen LogP contribution in [0.5, 0.6) is 5.75 Å². The van der Waals surface area contributed by atoms with Gasteiger partial charge in [-0.05, 0) is 30.3 Å². The molecule has 0 aliphatic heterocycles. The number of thiophene rings is 1. The van der Waals surface area contributed by atoms with Crippen molar-refractivity contribution in [2.24, 2.45) is 0 Å². The molecule has 3 heterocycles. The summed E-state index contributed by atoms with van der Waals surface area (Å²) in [4.78, 5) is 17.9. The molecule has 0 saturated heterocycles. The van der Waals surface area contributed by atoms with E-state index in [1.54, 1.807) is 12.3 Å². The van der Waals surface area contributed by atoms with Gasteiger partial charge in [-0.15, -0.1) is 11.3 Å². The van der Waals surface area contributed by atoms with E-state index in [2.05, 4.69) is 10.1 Å². The zero-order valence-electron chi connectivity index (χ0n) is 16.7. The van der Waals surface area contributed by atoms with E-state index in [4.69, 9.17) is 4.74 Å². The van der Waals surface area contributed by atoms with E-state index in [1.165, 1.54) is 35.3 Å². The van der Waals surface area contributed by atoms with Gasteiger partial charge in [0.1, 0.15) is 11.6 Å². The molecule has 31 heavy (non-hydrogen) atoms. The maximum Gasteiger partial charge on any atom is 0.276 e. The van der Waals surface area contributed by atoms with E-state index in [0.717, 1.165) is 21.3 Å². The van der Waals surface area contributed by atoms with Crippen LogP contribution >= 0.6 is 11.3 Å². The highest BCUT2D eigenvalue weighted by molar-refractivity contribution is 7.17. The average molecular weight is 431 g/mol. The molecule has 5 aromatic rings. The minimum Gasteiger partial charge on any atom is -0.496 e. The third-order valence-corrected chi connectivity index (χ3v) is 6.19. The Morgan fingerprint density at radius 3 is 2.84 bits per heavy atom. The van der Waals surface area contributed by atoms with Crippen molar-refractivity contribution in [2.75, 3.05) is 7.11 Å². The van der Waals surface area contributed by atoms with Gasteiger partial charge in [0.25, 0.3) is 5.56 Å². The van der Waals surface area contributed by atoms with Crippen molar-refractivity contribution in [3.8, 4) is 16.9 Å². The van der Waals surface area contributed by atoms with E-state index in [0.29, 0.717) is 35.2 Å². The van der Waals surface area contributed by atoms with Crippen LogP contribution in [0.3, 0.4) is 0 Å². The predicted octanol–water partition coefficient (Wildman–Crippen LogP) is 5.06. The molecule has 2 aromatic carbocycles. The smallest absolute Gasteiger partial charge is 0.276 e. The van der Waals surface area contributed by atoms with E-state index >= 15 is 0 Å². The zero-order valence-corrected chi connectivity index (χ0v) is 17.5. The minimum absolute atomic E-state index is 0.208. The Hall–Kier alpha value is -3.58. The monoisotopic (exact) mass is 431 g/mol. The molecule has 5 nitrogen and oxygen atoms in total. The molecule has 0 N–H and O–H groups in total. The summed E-state index contributed by atoms with van der Waals surface area (Å²) in [7, 11) is 1.53. The first-order valence-electron chi connectivity index (χ1n) is 9.80. The van der Waals surface area contributed by atoms with Crippen molar-refractivity contribution in [2.45, 2.75) is 13.0 Å². The summed E-state index contributed by atoms with van der Waals surface area (Å²) >= 11 is 1.41. The van der Waals surface area contributed by atoms with Crippen LogP contribution < -0.4 is 10.3 Å². The van der Waals surface area contributed by atoms with Gasteiger partial charge >= 0.3 is 0 Å². The van der Waals surface area contributed by atoms with Gasteiger partial charge in [-0.25, -0.2) is 9.07 Å². The Morgan fingerprint density at radius 2 is 1.97 bits per heavy atom. The molecule has 0 bridgehead atoms. The lowest BCUT2D eigenvalue weighted by Gasteiger charge is -2.09. The summed E-state index contributed by atoms with van der Waals surface area (Å²) in [6, 6.07) is 16.2. The lowest BCUT2D eigenvalue weighted by atomic mass is 10.0. The van der Waals surface area contributed by atoms with Gasteiger partial charge in [-0.1, -0.05) is 24.3 Å². The third kappa shape index (κ3) is 3.57. The van der Waals surface area contributed by atoms with Crippen LogP contribution in [0.4, 0.5) is 4.39 Å². The molecular formula is C24H18FN3O2S. The van der Waals surface area contributed by atoms with Crippen LogP contribution in [-0.2, 0) is 13.0 Å². The summed E-state index contributed by atoms with van der Waals surface area (Å²) in [6.07, 6.45) is 2.26. The fraction of sp³-hybridized carbons (Fsp3) is 0.125. The molecule has 154 valence electrons. The SMILES string of the molecule is COc1ccc(F)cc1-c1csc2cnn(CCc3ccc4ccccc4n3)c(=O)c12. The number of fused-ring (bicyclic) bond motifs is 2. The number of nitrogens with zero attached hydrogens (tertiary/aromatic N) is 3. The van der Waals surface area contributed by atoms with Gasteiger partial charge in [0.15, 0.2) is 0 Å². The molecule has 0 fully saturated rings. The topological polar surface area (TPSA) is 57.0 Å². The van der Waals surface area contributed by atoms with Crippen molar-refractivity contribution in [3.05, 3.63) is 88.0 Å². The number of hydrogen-bond acceptors (Lipinski definition) is 5. The fourth-order valence-electron chi connectivity index (χ4n) is 3.71. The highest BCUT2D eigenvalue weighted by atomic mass is 32.1. The molecule has 0 aliphatic rings.